The number of benzene rings is 5. The van der Waals surface area contributed by atoms with Gasteiger partial charge in [0.1, 0.15) is 0 Å². The zero-order valence-electron chi connectivity index (χ0n) is 24.4. The van der Waals surface area contributed by atoms with Crippen LogP contribution < -0.4 is 0 Å². The van der Waals surface area contributed by atoms with Crippen LogP contribution in [0, 0.1) is 0 Å². The molecule has 1 aliphatic heterocycles. The van der Waals surface area contributed by atoms with Gasteiger partial charge in [-0.1, -0.05) is 115 Å². The van der Waals surface area contributed by atoms with Gasteiger partial charge in [-0.2, -0.15) is 0 Å². The Bertz CT molecular complexity index is 2510. The van der Waals surface area contributed by atoms with Crippen molar-refractivity contribution in [3.63, 3.8) is 0 Å². The van der Waals surface area contributed by atoms with Crippen molar-refractivity contribution in [1.82, 2.24) is 15.0 Å². The van der Waals surface area contributed by atoms with E-state index >= 15 is 0 Å². The van der Waals surface area contributed by atoms with Crippen molar-refractivity contribution in [1.29, 1.82) is 0 Å². The summed E-state index contributed by atoms with van der Waals surface area (Å²) in [6.45, 7) is 0.699. The fraction of sp³-hybridized carbons (Fsp3) is 0.0244. The van der Waals surface area contributed by atoms with Gasteiger partial charge in [0, 0.05) is 49.8 Å². The lowest BCUT2D eigenvalue weighted by Crippen LogP contribution is -1.95. The van der Waals surface area contributed by atoms with Crippen LogP contribution in [-0.2, 0) is 0 Å². The zero-order chi connectivity index (χ0) is 29.7. The van der Waals surface area contributed by atoms with Gasteiger partial charge in [0.2, 0.25) is 0 Å². The Morgan fingerprint density at radius 1 is 0.489 bits per heavy atom. The molecule has 0 spiro atoms. The number of allylic oxidation sites excluding steroid dienone is 1. The Balaban J connectivity index is 1.22. The molecule has 0 saturated heterocycles. The van der Waals surface area contributed by atoms with Crippen LogP contribution in [0.15, 0.2) is 145 Å². The van der Waals surface area contributed by atoms with E-state index < -0.39 is 0 Å². The Labute approximate surface area is 260 Å². The second-order valence-corrected chi connectivity index (χ2v) is 11.4. The first kappa shape index (κ1) is 25.5. The highest BCUT2D eigenvalue weighted by atomic mass is 14.8. The van der Waals surface area contributed by atoms with Crippen LogP contribution in [0.2, 0.25) is 0 Å². The summed E-state index contributed by atoms with van der Waals surface area (Å²) < 4.78 is 0. The van der Waals surface area contributed by atoms with E-state index in [1.54, 1.807) is 0 Å². The molecule has 0 N–H and O–H groups in total. The zero-order valence-corrected chi connectivity index (χ0v) is 24.4. The van der Waals surface area contributed by atoms with Crippen molar-refractivity contribution in [2.75, 3.05) is 6.54 Å². The van der Waals surface area contributed by atoms with Gasteiger partial charge in [0.05, 0.1) is 40.2 Å². The lowest BCUT2D eigenvalue weighted by molar-refractivity contribution is 1.29. The molecule has 4 heterocycles. The van der Waals surface area contributed by atoms with Crippen molar-refractivity contribution in [3.05, 3.63) is 145 Å². The maximum atomic E-state index is 5.23. The van der Waals surface area contributed by atoms with Crippen LogP contribution in [0.1, 0.15) is 5.69 Å². The van der Waals surface area contributed by atoms with Crippen LogP contribution in [-0.4, -0.2) is 27.7 Å². The lowest BCUT2D eigenvalue weighted by Gasteiger charge is -2.14. The van der Waals surface area contributed by atoms with Crippen molar-refractivity contribution in [2.24, 2.45) is 4.99 Å². The molecule has 4 nitrogen and oxygen atoms in total. The smallest absolute Gasteiger partial charge is 0.0972 e. The average molecular weight is 575 g/mol. The van der Waals surface area contributed by atoms with E-state index in [1.165, 1.54) is 10.9 Å². The van der Waals surface area contributed by atoms with E-state index in [4.69, 9.17) is 15.0 Å². The number of para-hydroxylation sites is 1. The molecule has 3 aromatic heterocycles. The molecule has 4 heteroatoms. The maximum absolute atomic E-state index is 5.23. The minimum Gasteiger partial charge on any atom is -0.288 e. The molecule has 0 aliphatic carbocycles. The molecule has 0 radical (unpaired) electrons. The number of nitrogens with zero attached hydrogens (tertiary/aromatic N) is 4. The molecule has 0 atom stereocenters. The van der Waals surface area contributed by atoms with E-state index in [2.05, 4.69) is 126 Å². The minimum absolute atomic E-state index is 0.699. The fourth-order valence-corrected chi connectivity index (χ4v) is 6.52. The molecule has 45 heavy (non-hydrogen) atoms. The highest BCUT2D eigenvalue weighted by Gasteiger charge is 2.17. The van der Waals surface area contributed by atoms with Gasteiger partial charge < -0.3 is 0 Å². The lowest BCUT2D eigenvalue weighted by atomic mass is 9.92. The summed E-state index contributed by atoms with van der Waals surface area (Å²) in [7, 11) is 0. The Hall–Kier alpha value is -6.00. The van der Waals surface area contributed by atoms with Gasteiger partial charge in [0.15, 0.2) is 0 Å². The van der Waals surface area contributed by atoms with Gasteiger partial charge >= 0.3 is 0 Å². The summed E-state index contributed by atoms with van der Waals surface area (Å²) in [5, 5.41) is 5.63. The largest absolute Gasteiger partial charge is 0.288 e. The van der Waals surface area contributed by atoms with Crippen LogP contribution in [0.5, 0.6) is 0 Å². The number of hydrogen-bond acceptors (Lipinski definition) is 4. The number of aliphatic imine (C=N–C) groups is 1. The molecule has 0 amide bonds. The quantitative estimate of drug-likeness (QED) is 0.197. The van der Waals surface area contributed by atoms with E-state index in [-0.39, 0.29) is 0 Å². The van der Waals surface area contributed by atoms with Crippen LogP contribution in [0.3, 0.4) is 0 Å². The molecule has 0 fully saturated rings. The van der Waals surface area contributed by atoms with Crippen molar-refractivity contribution < 1.29 is 0 Å². The monoisotopic (exact) mass is 574 g/mol. The van der Waals surface area contributed by atoms with E-state index in [1.807, 2.05) is 24.4 Å². The normalized spacial score (nSPS) is 12.8. The van der Waals surface area contributed by atoms with Crippen LogP contribution in [0.25, 0.3) is 82.7 Å². The summed E-state index contributed by atoms with van der Waals surface area (Å²) in [6.07, 6.45) is 4.09. The van der Waals surface area contributed by atoms with Gasteiger partial charge in [-0.15, -0.1) is 0 Å². The third-order valence-corrected chi connectivity index (χ3v) is 8.70. The molecule has 0 unspecified atom stereocenters. The average Bonchev–Trinajstić information content (AvgIpc) is 3.66. The van der Waals surface area contributed by atoms with Crippen molar-refractivity contribution >= 4 is 55.3 Å². The molecular weight excluding hydrogens is 548 g/mol. The van der Waals surface area contributed by atoms with Gasteiger partial charge in [0.25, 0.3) is 0 Å². The molecular formula is C41H26N4. The van der Waals surface area contributed by atoms with E-state index in [9.17, 15) is 0 Å². The van der Waals surface area contributed by atoms with Crippen LogP contribution >= 0.6 is 0 Å². The third-order valence-electron chi connectivity index (χ3n) is 8.70. The molecule has 9 rings (SSSR count). The van der Waals surface area contributed by atoms with Gasteiger partial charge in [-0.25, -0.2) is 15.0 Å². The summed E-state index contributed by atoms with van der Waals surface area (Å²) in [4.78, 5) is 19.9. The first-order valence-corrected chi connectivity index (χ1v) is 15.2. The van der Waals surface area contributed by atoms with E-state index in [0.29, 0.717) is 6.54 Å². The number of pyridine rings is 3. The predicted molar refractivity (Wildman–Crippen MR) is 187 cm³/mol. The SMILES string of the molecule is C1=NCC=C1c1nc2ccccc2c2c(-c3cccc(-c4ccc5ccc6ccc(-c7ccccc7)nc6c5n4)c3)cccc12. The Kier molecular flexibility index (Phi) is 5.85. The summed E-state index contributed by atoms with van der Waals surface area (Å²) >= 11 is 0. The van der Waals surface area contributed by atoms with Gasteiger partial charge in [-0.05, 0) is 35.4 Å². The maximum Gasteiger partial charge on any atom is 0.0972 e. The Morgan fingerprint density at radius 2 is 1.13 bits per heavy atom. The van der Waals surface area contributed by atoms with Crippen molar-refractivity contribution in [2.45, 2.75) is 0 Å². The number of hydrogen-bond donors (Lipinski definition) is 0. The molecule has 0 bridgehead atoms. The van der Waals surface area contributed by atoms with Crippen molar-refractivity contribution in [3.8, 4) is 33.6 Å². The third kappa shape index (κ3) is 4.30. The molecule has 5 aromatic carbocycles. The highest BCUT2D eigenvalue weighted by Crippen LogP contribution is 2.38. The summed E-state index contributed by atoms with van der Waals surface area (Å²) in [6, 6.07) is 46.7. The topological polar surface area (TPSA) is 51.0 Å². The Morgan fingerprint density at radius 3 is 1.91 bits per heavy atom. The molecule has 1 aliphatic rings. The van der Waals surface area contributed by atoms with Gasteiger partial charge in [-0.3, -0.25) is 4.99 Å². The number of aromatic nitrogens is 3. The second kappa shape index (κ2) is 10.3. The first-order chi connectivity index (χ1) is 22.3. The van der Waals surface area contributed by atoms with Crippen LogP contribution in [0.4, 0.5) is 0 Å². The summed E-state index contributed by atoms with van der Waals surface area (Å²) in [5.41, 5.74) is 11.2. The molecule has 0 saturated carbocycles. The standard InChI is InChI=1S/C41H26N4/c1-2-8-26(9-3-1)35-20-18-27-16-17-28-19-21-36(44-41(28)40(27)43-35)30-11-6-10-29(24-30)32-13-7-14-34-38(32)33-12-4-5-15-37(33)45-39(34)31-22-23-42-25-31/h1-22,24-25H,23H2. The fourth-order valence-electron chi connectivity index (χ4n) is 6.52. The molecule has 8 aromatic rings. The first-order valence-electron chi connectivity index (χ1n) is 15.2. The van der Waals surface area contributed by atoms with E-state index in [0.717, 1.165) is 77.4 Å². The second-order valence-electron chi connectivity index (χ2n) is 11.4. The minimum atomic E-state index is 0.699. The number of fused-ring (bicyclic) bond motifs is 6. The molecule has 210 valence electrons. The summed E-state index contributed by atoms with van der Waals surface area (Å²) in [5.74, 6) is 0. The number of rotatable bonds is 4. The highest BCUT2D eigenvalue weighted by molar-refractivity contribution is 6.21. The predicted octanol–water partition coefficient (Wildman–Crippen LogP) is 9.95.